The molecule has 3 aromatic carbocycles. The quantitative estimate of drug-likeness (QED) is 0.205. The van der Waals surface area contributed by atoms with E-state index in [2.05, 4.69) is 40.1 Å². The van der Waals surface area contributed by atoms with E-state index >= 15 is 0 Å². The predicted octanol–water partition coefficient (Wildman–Crippen LogP) is 6.88. The van der Waals surface area contributed by atoms with Crippen molar-refractivity contribution in [1.29, 1.82) is 0 Å². The summed E-state index contributed by atoms with van der Waals surface area (Å²) in [5, 5.41) is 0.994. The Hall–Kier alpha value is -3.19. The zero-order valence-corrected chi connectivity index (χ0v) is 23.5. The van der Waals surface area contributed by atoms with Crippen molar-refractivity contribution in [1.82, 2.24) is 9.80 Å². The number of hydrogen-bond donors (Lipinski definition) is 0. The lowest BCUT2D eigenvalue weighted by atomic mass is 9.96. The van der Waals surface area contributed by atoms with Gasteiger partial charge in [0.2, 0.25) is 0 Å². The van der Waals surface area contributed by atoms with Gasteiger partial charge in [-0.3, -0.25) is 14.6 Å². The maximum Gasteiger partial charge on any atom is 0.195 e. The average molecular weight is 541 g/mol. The monoisotopic (exact) mass is 540 g/mol. The number of rotatable bonds is 10. The van der Waals surface area contributed by atoms with E-state index in [-0.39, 0.29) is 5.78 Å². The highest BCUT2D eigenvalue weighted by Crippen LogP contribution is 2.40. The molecule has 2 aliphatic rings. The molecule has 0 N–H and O–H groups in total. The first-order chi connectivity index (χ1) is 19.2. The number of ketones is 1. The van der Waals surface area contributed by atoms with Crippen molar-refractivity contribution in [3.63, 3.8) is 0 Å². The summed E-state index contributed by atoms with van der Waals surface area (Å²) in [5.41, 5.74) is 3.58. The second-order valence-electron chi connectivity index (χ2n) is 10.6. The zero-order valence-electron chi connectivity index (χ0n) is 22.7. The first-order valence-electron chi connectivity index (χ1n) is 14.1. The smallest absolute Gasteiger partial charge is 0.195 e. The standard InChI is InChI=1S/C33H36N2O3S/c1-37-29-22-25(10-11-26(29)23-35-18-6-7-19-35)32(36)31-28-8-2-3-9-30(28)39-33(31)24-12-14-27(15-13-24)38-21-20-34-16-4-5-17-34/h2-3,8-15,22H,4-7,16-21,23H2,1H3. The number of likely N-dealkylation sites (tertiary alicyclic amines) is 2. The fourth-order valence-electron chi connectivity index (χ4n) is 5.82. The Morgan fingerprint density at radius 1 is 0.872 bits per heavy atom. The van der Waals surface area contributed by atoms with Crippen molar-refractivity contribution in [2.45, 2.75) is 32.2 Å². The van der Waals surface area contributed by atoms with Crippen LogP contribution < -0.4 is 9.47 Å². The Balaban J connectivity index is 1.26. The molecule has 3 heterocycles. The normalized spacial score (nSPS) is 16.2. The highest BCUT2D eigenvalue weighted by molar-refractivity contribution is 7.22. The van der Waals surface area contributed by atoms with Crippen molar-refractivity contribution >= 4 is 27.2 Å². The van der Waals surface area contributed by atoms with Gasteiger partial charge in [0.25, 0.3) is 0 Å². The molecule has 0 atom stereocenters. The fourth-order valence-corrected chi connectivity index (χ4v) is 7.02. The first-order valence-corrected chi connectivity index (χ1v) is 14.9. The summed E-state index contributed by atoms with van der Waals surface area (Å²) in [6.07, 6.45) is 5.08. The third-order valence-corrected chi connectivity index (χ3v) is 9.18. The van der Waals surface area contributed by atoms with Gasteiger partial charge in [0.15, 0.2) is 5.78 Å². The van der Waals surface area contributed by atoms with Gasteiger partial charge in [-0.15, -0.1) is 11.3 Å². The van der Waals surface area contributed by atoms with E-state index in [1.54, 1.807) is 18.4 Å². The summed E-state index contributed by atoms with van der Waals surface area (Å²) in [7, 11) is 1.69. The van der Waals surface area contributed by atoms with Gasteiger partial charge in [-0.2, -0.15) is 0 Å². The van der Waals surface area contributed by atoms with Crippen LogP contribution >= 0.6 is 11.3 Å². The van der Waals surface area contributed by atoms with Gasteiger partial charge in [0, 0.05) is 44.7 Å². The minimum Gasteiger partial charge on any atom is -0.496 e. The van der Waals surface area contributed by atoms with E-state index in [1.165, 1.54) is 38.8 Å². The van der Waals surface area contributed by atoms with E-state index in [0.717, 1.165) is 69.3 Å². The minimum absolute atomic E-state index is 0.0272. The highest BCUT2D eigenvalue weighted by Gasteiger charge is 2.23. The van der Waals surface area contributed by atoms with E-state index in [1.807, 2.05) is 36.4 Å². The Kier molecular flexibility index (Phi) is 7.95. The van der Waals surface area contributed by atoms with Gasteiger partial charge in [-0.1, -0.05) is 30.3 Å². The summed E-state index contributed by atoms with van der Waals surface area (Å²) >= 11 is 1.67. The van der Waals surface area contributed by atoms with Gasteiger partial charge in [-0.05, 0) is 93.8 Å². The number of ether oxygens (including phenoxy) is 2. The number of nitrogens with zero attached hydrogens (tertiary/aromatic N) is 2. The second kappa shape index (κ2) is 11.9. The minimum atomic E-state index is 0.0272. The van der Waals surface area contributed by atoms with Crippen LogP contribution in [-0.4, -0.2) is 62.0 Å². The van der Waals surface area contributed by atoms with E-state index < -0.39 is 0 Å². The third-order valence-electron chi connectivity index (χ3n) is 7.96. The molecular formula is C33H36N2O3S. The third kappa shape index (κ3) is 5.74. The molecule has 0 radical (unpaired) electrons. The van der Waals surface area contributed by atoms with E-state index in [9.17, 15) is 4.79 Å². The Labute approximate surface area is 235 Å². The SMILES string of the molecule is COc1cc(C(=O)c2c(-c3ccc(OCCN4CCCC4)cc3)sc3ccccc23)ccc1CN1CCCC1. The molecular weight excluding hydrogens is 504 g/mol. The molecule has 5 nitrogen and oxygen atoms in total. The number of carbonyl (C=O) groups is 1. The Morgan fingerprint density at radius 3 is 2.33 bits per heavy atom. The van der Waals surface area contributed by atoms with E-state index in [4.69, 9.17) is 9.47 Å². The van der Waals surface area contributed by atoms with Gasteiger partial charge in [0.05, 0.1) is 7.11 Å². The van der Waals surface area contributed by atoms with Crippen molar-refractivity contribution in [2.24, 2.45) is 0 Å². The van der Waals surface area contributed by atoms with Gasteiger partial charge < -0.3 is 9.47 Å². The molecule has 0 unspecified atom stereocenters. The van der Waals surface area contributed by atoms with Crippen LogP contribution in [0.15, 0.2) is 66.7 Å². The molecule has 4 aromatic rings. The van der Waals surface area contributed by atoms with Gasteiger partial charge >= 0.3 is 0 Å². The molecule has 0 amide bonds. The van der Waals surface area contributed by atoms with Crippen LogP contribution in [0.25, 0.3) is 20.5 Å². The van der Waals surface area contributed by atoms with Crippen LogP contribution in [0.3, 0.4) is 0 Å². The van der Waals surface area contributed by atoms with Crippen molar-refractivity contribution in [3.05, 3.63) is 83.4 Å². The van der Waals surface area contributed by atoms with E-state index in [0.29, 0.717) is 12.2 Å². The topological polar surface area (TPSA) is 42.0 Å². The highest BCUT2D eigenvalue weighted by atomic mass is 32.1. The lowest BCUT2D eigenvalue weighted by Crippen LogP contribution is -2.25. The molecule has 1 aromatic heterocycles. The summed E-state index contributed by atoms with van der Waals surface area (Å²) in [6, 6.07) is 22.3. The fraction of sp³-hybridized carbons (Fsp3) is 0.364. The largest absolute Gasteiger partial charge is 0.496 e. The summed E-state index contributed by atoms with van der Waals surface area (Å²) in [6.45, 7) is 7.12. The molecule has 0 aliphatic carbocycles. The molecule has 39 heavy (non-hydrogen) atoms. The molecule has 202 valence electrons. The number of thiophene rings is 1. The van der Waals surface area contributed by atoms with Crippen LogP contribution in [0.5, 0.6) is 11.5 Å². The average Bonchev–Trinajstić information content (AvgIpc) is 3.75. The van der Waals surface area contributed by atoms with Gasteiger partial charge in [0.1, 0.15) is 18.1 Å². The van der Waals surface area contributed by atoms with Crippen LogP contribution in [-0.2, 0) is 6.54 Å². The molecule has 2 fully saturated rings. The lowest BCUT2D eigenvalue weighted by Gasteiger charge is -2.17. The zero-order chi connectivity index (χ0) is 26.6. The summed E-state index contributed by atoms with van der Waals surface area (Å²) < 4.78 is 12.9. The van der Waals surface area contributed by atoms with Crippen LogP contribution in [0, 0.1) is 0 Å². The molecule has 0 spiro atoms. The second-order valence-corrected chi connectivity index (χ2v) is 11.6. The van der Waals surface area contributed by atoms with Crippen LogP contribution in [0.2, 0.25) is 0 Å². The van der Waals surface area contributed by atoms with Crippen LogP contribution in [0.4, 0.5) is 0 Å². The molecule has 6 heteroatoms. The van der Waals surface area contributed by atoms with Crippen molar-refractivity contribution in [2.75, 3.05) is 46.4 Å². The number of hydrogen-bond acceptors (Lipinski definition) is 6. The molecule has 2 saturated heterocycles. The maximum atomic E-state index is 14.1. The lowest BCUT2D eigenvalue weighted by molar-refractivity contribution is 0.104. The molecule has 0 saturated carbocycles. The van der Waals surface area contributed by atoms with Crippen molar-refractivity contribution < 1.29 is 14.3 Å². The summed E-state index contributed by atoms with van der Waals surface area (Å²) in [4.78, 5) is 20.0. The summed E-state index contributed by atoms with van der Waals surface area (Å²) in [5.74, 6) is 1.67. The molecule has 0 bridgehead atoms. The first kappa shape index (κ1) is 26.1. The van der Waals surface area contributed by atoms with Crippen molar-refractivity contribution in [3.8, 4) is 21.9 Å². The maximum absolute atomic E-state index is 14.1. The predicted molar refractivity (Wildman–Crippen MR) is 159 cm³/mol. The number of benzene rings is 3. The molecule has 6 rings (SSSR count). The van der Waals surface area contributed by atoms with Crippen LogP contribution in [0.1, 0.15) is 47.2 Å². The number of carbonyl (C=O) groups excluding carboxylic acids is 1. The Morgan fingerprint density at radius 2 is 1.59 bits per heavy atom. The number of fused-ring (bicyclic) bond motifs is 1. The Bertz CT molecular complexity index is 1430. The number of methoxy groups -OCH3 is 1. The molecule has 2 aliphatic heterocycles. The van der Waals surface area contributed by atoms with Gasteiger partial charge in [-0.25, -0.2) is 0 Å².